The van der Waals surface area contributed by atoms with Gasteiger partial charge in [-0.05, 0) is 47.9 Å². The first-order valence-electron chi connectivity index (χ1n) is 9.23. The largest absolute Gasteiger partial charge is 0.480 e. The minimum absolute atomic E-state index is 0.0399. The van der Waals surface area contributed by atoms with Gasteiger partial charge in [-0.15, -0.1) is 0 Å². The molecule has 0 saturated heterocycles. The minimum atomic E-state index is -4.53. The summed E-state index contributed by atoms with van der Waals surface area (Å²) in [4.78, 5) is 22.1. The predicted molar refractivity (Wildman–Crippen MR) is 106 cm³/mol. The van der Waals surface area contributed by atoms with Gasteiger partial charge in [0, 0.05) is 6.42 Å². The maximum Gasteiger partial charge on any atom is 0.416 e. The van der Waals surface area contributed by atoms with Crippen molar-refractivity contribution in [2.45, 2.75) is 38.5 Å². The van der Waals surface area contributed by atoms with E-state index < -0.39 is 36.4 Å². The summed E-state index contributed by atoms with van der Waals surface area (Å²) in [5.41, 5.74) is 0.478. The Bertz CT molecular complexity index is 945. The molecule has 1 atom stereocenters. The van der Waals surface area contributed by atoms with Crippen LogP contribution in [0.3, 0.4) is 0 Å². The Morgan fingerprint density at radius 3 is 2.35 bits per heavy atom. The fourth-order valence-corrected chi connectivity index (χ4v) is 3.06. The van der Waals surface area contributed by atoms with Crippen LogP contribution >= 0.6 is 11.6 Å². The van der Waals surface area contributed by atoms with Gasteiger partial charge in [0.2, 0.25) is 0 Å². The molecule has 6 nitrogen and oxygen atoms in total. The van der Waals surface area contributed by atoms with Crippen molar-refractivity contribution in [3.63, 3.8) is 0 Å². The number of carboxylic acid groups (broad SMARTS) is 2. The summed E-state index contributed by atoms with van der Waals surface area (Å²) in [5.74, 6) is -2.22. The second kappa shape index (κ2) is 10.5. The maximum atomic E-state index is 12.8. The van der Waals surface area contributed by atoms with Crippen LogP contribution in [0.1, 0.15) is 30.0 Å². The molecule has 0 aromatic heterocycles. The zero-order valence-electron chi connectivity index (χ0n) is 16.4. The zero-order valence-corrected chi connectivity index (χ0v) is 17.2. The molecule has 0 bridgehead atoms. The Hall–Kier alpha value is -2.78. The van der Waals surface area contributed by atoms with Gasteiger partial charge in [-0.2, -0.15) is 13.2 Å². The van der Waals surface area contributed by atoms with Crippen molar-refractivity contribution >= 4 is 23.5 Å². The van der Waals surface area contributed by atoms with Gasteiger partial charge in [-0.3, -0.25) is 0 Å². The van der Waals surface area contributed by atoms with Crippen molar-refractivity contribution < 1.29 is 42.4 Å². The molecular formula is C21H20ClF3O6. The van der Waals surface area contributed by atoms with E-state index in [0.29, 0.717) is 17.7 Å². The monoisotopic (exact) mass is 460 g/mol. The van der Waals surface area contributed by atoms with Crippen molar-refractivity contribution in [2.75, 3.05) is 6.61 Å². The second-order valence-corrected chi connectivity index (χ2v) is 7.07. The third-order valence-electron chi connectivity index (χ3n) is 4.27. The van der Waals surface area contributed by atoms with Gasteiger partial charge >= 0.3 is 18.1 Å². The number of carbonyl (C=O) groups is 2. The fraction of sp³-hybridized carbons (Fsp3) is 0.333. The molecule has 0 saturated carbocycles. The number of halogens is 4. The van der Waals surface area contributed by atoms with Crippen molar-refractivity contribution in [2.24, 2.45) is 0 Å². The molecule has 2 aromatic rings. The third kappa shape index (κ3) is 7.15. The van der Waals surface area contributed by atoms with Crippen LogP contribution in [0.2, 0.25) is 5.02 Å². The lowest BCUT2D eigenvalue weighted by Crippen LogP contribution is -2.29. The molecule has 0 spiro atoms. The molecule has 168 valence electrons. The molecule has 0 aliphatic carbocycles. The number of ether oxygens (including phenoxy) is 2. The van der Waals surface area contributed by atoms with E-state index in [9.17, 15) is 27.9 Å². The lowest BCUT2D eigenvalue weighted by molar-refractivity contribution is -0.156. The summed E-state index contributed by atoms with van der Waals surface area (Å²) < 4.78 is 48.9. The quantitative estimate of drug-likeness (QED) is 0.506. The van der Waals surface area contributed by atoms with Gasteiger partial charge in [0.1, 0.15) is 18.1 Å². The maximum absolute atomic E-state index is 12.8. The van der Waals surface area contributed by atoms with Crippen LogP contribution in [0.15, 0.2) is 36.4 Å². The predicted octanol–water partition coefficient (Wildman–Crippen LogP) is 5.20. The number of alkyl halides is 3. The topological polar surface area (TPSA) is 93.1 Å². The molecule has 0 aliphatic rings. The van der Waals surface area contributed by atoms with Crippen LogP contribution in [0.25, 0.3) is 0 Å². The number of carboxylic acids is 2. The van der Waals surface area contributed by atoms with Crippen molar-refractivity contribution in [1.29, 1.82) is 0 Å². The first-order chi connectivity index (χ1) is 14.5. The molecule has 0 fully saturated rings. The second-order valence-electron chi connectivity index (χ2n) is 6.66. The Kier molecular flexibility index (Phi) is 8.29. The van der Waals surface area contributed by atoms with Crippen LogP contribution < -0.4 is 4.74 Å². The van der Waals surface area contributed by atoms with Gasteiger partial charge < -0.3 is 19.7 Å². The van der Waals surface area contributed by atoms with Gasteiger partial charge in [0.25, 0.3) is 0 Å². The summed E-state index contributed by atoms with van der Waals surface area (Å²) in [6, 6.07) is 7.54. The SMILES string of the molecule is CCCc1cc(Oc2ccc(C(F)(F)F)cc2Cl)ccc1CC(OCC(=O)O)C(=O)O. The lowest BCUT2D eigenvalue weighted by atomic mass is 9.98. The lowest BCUT2D eigenvalue weighted by Gasteiger charge is -2.17. The van der Waals surface area contributed by atoms with E-state index in [4.69, 9.17) is 26.2 Å². The molecule has 31 heavy (non-hydrogen) atoms. The molecule has 1 unspecified atom stereocenters. The number of aliphatic carboxylic acids is 2. The van der Waals surface area contributed by atoms with E-state index in [-0.39, 0.29) is 17.2 Å². The van der Waals surface area contributed by atoms with E-state index in [1.165, 1.54) is 6.07 Å². The highest BCUT2D eigenvalue weighted by Gasteiger charge is 2.31. The summed E-state index contributed by atoms with van der Waals surface area (Å²) in [6.45, 7) is 1.17. The Morgan fingerprint density at radius 1 is 1.10 bits per heavy atom. The molecule has 0 radical (unpaired) electrons. The van der Waals surface area contributed by atoms with Crippen LogP contribution in [-0.2, 0) is 33.3 Å². The number of benzene rings is 2. The van der Waals surface area contributed by atoms with Crippen LogP contribution in [0.4, 0.5) is 13.2 Å². The summed E-state index contributed by atoms with van der Waals surface area (Å²) in [6.07, 6.45) is -4.63. The first kappa shape index (κ1) is 24.5. The van der Waals surface area contributed by atoms with Gasteiger partial charge in [0.15, 0.2) is 6.10 Å². The highest BCUT2D eigenvalue weighted by Crippen LogP contribution is 2.36. The van der Waals surface area contributed by atoms with Crippen LogP contribution in [0, 0.1) is 0 Å². The molecule has 2 aromatic carbocycles. The molecule has 2 rings (SSSR count). The summed E-state index contributed by atoms with van der Waals surface area (Å²) in [7, 11) is 0. The highest BCUT2D eigenvalue weighted by atomic mass is 35.5. The molecule has 2 N–H and O–H groups in total. The molecular weight excluding hydrogens is 441 g/mol. The smallest absolute Gasteiger partial charge is 0.416 e. The molecule has 0 amide bonds. The fourth-order valence-electron chi connectivity index (χ4n) is 2.84. The number of rotatable bonds is 10. The van der Waals surface area contributed by atoms with E-state index in [1.807, 2.05) is 6.92 Å². The average molecular weight is 461 g/mol. The van der Waals surface area contributed by atoms with E-state index >= 15 is 0 Å². The van der Waals surface area contributed by atoms with Crippen molar-refractivity contribution in [3.8, 4) is 11.5 Å². The zero-order chi connectivity index (χ0) is 23.2. The van der Waals surface area contributed by atoms with Crippen molar-refractivity contribution in [1.82, 2.24) is 0 Å². The van der Waals surface area contributed by atoms with Gasteiger partial charge in [-0.25, -0.2) is 9.59 Å². The van der Waals surface area contributed by atoms with Crippen molar-refractivity contribution in [3.05, 3.63) is 58.1 Å². The summed E-state index contributed by atoms with van der Waals surface area (Å²) in [5, 5.41) is 17.8. The van der Waals surface area contributed by atoms with E-state index in [1.54, 1.807) is 12.1 Å². The first-order valence-corrected chi connectivity index (χ1v) is 9.61. The minimum Gasteiger partial charge on any atom is -0.480 e. The number of hydrogen-bond donors (Lipinski definition) is 2. The van der Waals surface area contributed by atoms with Crippen LogP contribution in [-0.4, -0.2) is 34.9 Å². The Labute approximate surface area is 181 Å². The standard InChI is InChI=1S/C21H20ClF3O6/c1-2-3-12-8-15(31-17-7-5-14(10-16(17)22)21(23,24)25)6-4-13(12)9-18(20(28)29)30-11-19(26)27/h4-8,10,18H,2-3,9,11H2,1H3,(H,26,27)(H,28,29). The molecule has 0 aliphatic heterocycles. The van der Waals surface area contributed by atoms with Crippen LogP contribution in [0.5, 0.6) is 11.5 Å². The molecule has 0 heterocycles. The third-order valence-corrected chi connectivity index (χ3v) is 4.57. The summed E-state index contributed by atoms with van der Waals surface area (Å²) >= 11 is 5.93. The Morgan fingerprint density at radius 2 is 1.81 bits per heavy atom. The number of hydrogen-bond acceptors (Lipinski definition) is 4. The van der Waals surface area contributed by atoms with Gasteiger partial charge in [0.05, 0.1) is 10.6 Å². The highest BCUT2D eigenvalue weighted by molar-refractivity contribution is 6.32. The van der Waals surface area contributed by atoms with Gasteiger partial charge in [-0.1, -0.05) is 31.0 Å². The normalized spacial score (nSPS) is 12.4. The Balaban J connectivity index is 2.25. The molecule has 10 heteroatoms. The van der Waals surface area contributed by atoms with E-state index in [0.717, 1.165) is 30.2 Å². The average Bonchev–Trinajstić information content (AvgIpc) is 2.67. The van der Waals surface area contributed by atoms with E-state index in [2.05, 4.69) is 0 Å². The number of aryl methyl sites for hydroxylation is 1.